The summed E-state index contributed by atoms with van der Waals surface area (Å²) in [5.41, 5.74) is 1.92. The van der Waals surface area contributed by atoms with Crippen molar-refractivity contribution < 1.29 is 9.53 Å². The van der Waals surface area contributed by atoms with Gasteiger partial charge in [0.2, 0.25) is 5.91 Å². The Balaban J connectivity index is 1.73. The van der Waals surface area contributed by atoms with E-state index < -0.39 is 0 Å². The summed E-state index contributed by atoms with van der Waals surface area (Å²) >= 11 is 2.94. The molecule has 164 valence electrons. The minimum atomic E-state index is -0.106. The van der Waals surface area contributed by atoms with Gasteiger partial charge in [-0.1, -0.05) is 36.4 Å². The van der Waals surface area contributed by atoms with Crippen molar-refractivity contribution >= 4 is 39.2 Å². The molecule has 8 heteroatoms. The smallest absolute Gasteiger partial charge is 0.267 e. The molecule has 0 aliphatic heterocycles. The highest BCUT2D eigenvalue weighted by Gasteiger charge is 2.22. The summed E-state index contributed by atoms with van der Waals surface area (Å²) in [5.74, 6) is 0.0784. The van der Waals surface area contributed by atoms with Crippen LogP contribution in [0.2, 0.25) is 0 Å². The average Bonchev–Trinajstić information content (AvgIpc) is 2.94. The van der Waals surface area contributed by atoms with Crippen LogP contribution in [0.3, 0.4) is 0 Å². The molecule has 3 aromatic rings. The third kappa shape index (κ3) is 4.86. The first kappa shape index (κ1) is 22.0. The molecule has 0 bridgehead atoms. The molecule has 1 atom stereocenters. The lowest BCUT2D eigenvalue weighted by molar-refractivity contribution is -0.119. The number of benzene rings is 1. The fourth-order valence-corrected chi connectivity index (χ4v) is 6.13. The van der Waals surface area contributed by atoms with Crippen LogP contribution in [-0.2, 0) is 22.4 Å². The van der Waals surface area contributed by atoms with Gasteiger partial charge in [-0.2, -0.15) is 0 Å². The van der Waals surface area contributed by atoms with Crippen LogP contribution in [0.1, 0.15) is 36.6 Å². The highest BCUT2D eigenvalue weighted by atomic mass is 32.2. The molecular weight excluding hydrogens is 430 g/mol. The number of aromatic nitrogens is 2. The molecule has 6 nitrogen and oxygen atoms in total. The molecule has 1 amide bonds. The third-order valence-electron chi connectivity index (χ3n) is 5.38. The second-order valence-corrected chi connectivity index (χ2v) is 9.85. The Morgan fingerprint density at radius 1 is 1.26 bits per heavy atom. The van der Waals surface area contributed by atoms with Crippen molar-refractivity contribution in [3.63, 3.8) is 0 Å². The molecule has 31 heavy (non-hydrogen) atoms. The van der Waals surface area contributed by atoms with Gasteiger partial charge in [-0.3, -0.25) is 14.2 Å². The van der Waals surface area contributed by atoms with Crippen molar-refractivity contribution in [1.29, 1.82) is 0 Å². The SMILES string of the molecule is COCC(C)NC(=O)CSc1nc2sc3c(c2c(=O)n1-c1ccccc1)CCCCC3. The fourth-order valence-electron chi connectivity index (χ4n) is 4.00. The number of para-hydroxylation sites is 1. The first-order chi connectivity index (χ1) is 15.1. The summed E-state index contributed by atoms with van der Waals surface area (Å²) in [6.45, 7) is 2.35. The van der Waals surface area contributed by atoms with E-state index in [1.54, 1.807) is 23.0 Å². The zero-order valence-electron chi connectivity index (χ0n) is 17.8. The second-order valence-electron chi connectivity index (χ2n) is 7.83. The van der Waals surface area contributed by atoms with Crippen LogP contribution < -0.4 is 10.9 Å². The molecule has 1 N–H and O–H groups in total. The van der Waals surface area contributed by atoms with E-state index in [0.717, 1.165) is 41.6 Å². The number of thiophene rings is 1. The van der Waals surface area contributed by atoms with Crippen LogP contribution >= 0.6 is 23.1 Å². The van der Waals surface area contributed by atoms with Gasteiger partial charge in [0.05, 0.1) is 23.4 Å². The number of nitrogens with zero attached hydrogens (tertiary/aromatic N) is 2. The van der Waals surface area contributed by atoms with Crippen LogP contribution in [0.15, 0.2) is 40.3 Å². The van der Waals surface area contributed by atoms with E-state index in [4.69, 9.17) is 9.72 Å². The Bertz CT molecular complexity index is 1120. The number of hydrogen-bond donors (Lipinski definition) is 1. The van der Waals surface area contributed by atoms with Gasteiger partial charge in [0.25, 0.3) is 5.56 Å². The second kappa shape index (κ2) is 9.97. The molecular formula is C23H27N3O3S2. The number of ether oxygens (including phenoxy) is 1. The molecule has 0 radical (unpaired) electrons. The normalized spacial score (nSPS) is 14.8. The van der Waals surface area contributed by atoms with Crippen molar-refractivity contribution in [3.05, 3.63) is 51.1 Å². The molecule has 0 saturated heterocycles. The van der Waals surface area contributed by atoms with Gasteiger partial charge < -0.3 is 10.1 Å². The first-order valence-corrected chi connectivity index (χ1v) is 12.4. The van der Waals surface area contributed by atoms with Crippen LogP contribution in [0.4, 0.5) is 0 Å². The van der Waals surface area contributed by atoms with Gasteiger partial charge >= 0.3 is 0 Å². The molecule has 0 fully saturated rings. The Kier molecular flexibility index (Phi) is 7.09. The predicted octanol–water partition coefficient (Wildman–Crippen LogP) is 3.96. The van der Waals surface area contributed by atoms with Crippen molar-refractivity contribution in [3.8, 4) is 5.69 Å². The average molecular weight is 458 g/mol. The first-order valence-electron chi connectivity index (χ1n) is 10.6. The maximum absolute atomic E-state index is 13.7. The standard InChI is InChI=1S/C23H27N3O3S2/c1-15(13-29-2)24-19(27)14-30-23-25-21-20(17-11-7-4-8-12-18(17)31-21)22(28)26(23)16-9-5-3-6-10-16/h3,5-6,9-10,15H,4,7-8,11-14H2,1-2H3,(H,24,27). The molecule has 1 aromatic carbocycles. The van der Waals surface area contributed by atoms with Crippen LogP contribution in [0.5, 0.6) is 0 Å². The monoisotopic (exact) mass is 457 g/mol. The number of amides is 1. The number of rotatable bonds is 7. The molecule has 0 spiro atoms. The van der Waals surface area contributed by atoms with Gasteiger partial charge in [0, 0.05) is 18.0 Å². The Hall–Kier alpha value is -2.16. The van der Waals surface area contributed by atoms with Crippen molar-refractivity contribution in [2.24, 2.45) is 0 Å². The lowest BCUT2D eigenvalue weighted by atomic mass is 10.1. The van der Waals surface area contributed by atoms with Gasteiger partial charge in [0.1, 0.15) is 4.83 Å². The zero-order valence-corrected chi connectivity index (χ0v) is 19.5. The van der Waals surface area contributed by atoms with Gasteiger partial charge in [0.15, 0.2) is 5.16 Å². The zero-order chi connectivity index (χ0) is 21.8. The fraction of sp³-hybridized carbons (Fsp3) is 0.435. The highest BCUT2D eigenvalue weighted by molar-refractivity contribution is 7.99. The number of carbonyl (C=O) groups is 1. The molecule has 1 aliphatic carbocycles. The number of hydrogen-bond acceptors (Lipinski definition) is 6. The van der Waals surface area contributed by atoms with Gasteiger partial charge in [-0.05, 0) is 50.3 Å². The number of fused-ring (bicyclic) bond motifs is 3. The number of nitrogens with one attached hydrogen (secondary N) is 1. The van der Waals surface area contributed by atoms with Gasteiger partial charge in [-0.15, -0.1) is 11.3 Å². The molecule has 2 heterocycles. The van der Waals surface area contributed by atoms with E-state index in [1.807, 2.05) is 37.3 Å². The van der Waals surface area contributed by atoms with E-state index in [0.29, 0.717) is 11.8 Å². The highest BCUT2D eigenvalue weighted by Crippen LogP contribution is 2.34. The lowest BCUT2D eigenvalue weighted by Gasteiger charge is -2.14. The summed E-state index contributed by atoms with van der Waals surface area (Å²) in [5, 5.41) is 4.22. The van der Waals surface area contributed by atoms with Crippen molar-refractivity contribution in [2.75, 3.05) is 19.5 Å². The van der Waals surface area contributed by atoms with Crippen LogP contribution in [-0.4, -0.2) is 41.0 Å². The Labute approximate surface area is 190 Å². The summed E-state index contributed by atoms with van der Waals surface area (Å²) in [6.07, 6.45) is 5.43. The largest absolute Gasteiger partial charge is 0.383 e. The van der Waals surface area contributed by atoms with E-state index >= 15 is 0 Å². The molecule has 4 rings (SSSR count). The number of carbonyl (C=O) groups excluding carboxylic acids is 1. The molecule has 0 saturated carbocycles. The van der Waals surface area contributed by atoms with E-state index in [-0.39, 0.29) is 23.3 Å². The van der Waals surface area contributed by atoms with Crippen LogP contribution in [0.25, 0.3) is 15.9 Å². The maximum Gasteiger partial charge on any atom is 0.267 e. The van der Waals surface area contributed by atoms with E-state index in [2.05, 4.69) is 5.32 Å². The topological polar surface area (TPSA) is 73.2 Å². The quantitative estimate of drug-likeness (QED) is 0.330. The molecule has 1 unspecified atom stereocenters. The molecule has 2 aromatic heterocycles. The number of methoxy groups -OCH3 is 1. The molecule has 1 aliphatic rings. The number of aryl methyl sites for hydroxylation is 2. The summed E-state index contributed by atoms with van der Waals surface area (Å²) in [7, 11) is 1.61. The minimum Gasteiger partial charge on any atom is -0.383 e. The Morgan fingerprint density at radius 2 is 2.03 bits per heavy atom. The summed E-state index contributed by atoms with van der Waals surface area (Å²) in [4.78, 5) is 33.1. The van der Waals surface area contributed by atoms with Crippen molar-refractivity contribution in [1.82, 2.24) is 14.9 Å². The van der Waals surface area contributed by atoms with Gasteiger partial charge in [-0.25, -0.2) is 4.98 Å². The minimum absolute atomic E-state index is 0.0359. The van der Waals surface area contributed by atoms with E-state index in [9.17, 15) is 9.59 Å². The van der Waals surface area contributed by atoms with Crippen molar-refractivity contribution in [2.45, 2.75) is 50.2 Å². The predicted molar refractivity (Wildman–Crippen MR) is 127 cm³/mol. The summed E-state index contributed by atoms with van der Waals surface area (Å²) in [6, 6.07) is 9.49. The third-order valence-corrected chi connectivity index (χ3v) is 7.50. The van der Waals surface area contributed by atoms with Crippen LogP contribution in [0, 0.1) is 0 Å². The number of thioether (sulfide) groups is 1. The van der Waals surface area contributed by atoms with E-state index in [1.165, 1.54) is 28.6 Å². The summed E-state index contributed by atoms with van der Waals surface area (Å²) < 4.78 is 6.74. The maximum atomic E-state index is 13.7. The Morgan fingerprint density at radius 3 is 2.81 bits per heavy atom. The lowest BCUT2D eigenvalue weighted by Crippen LogP contribution is -2.36.